The molecule has 0 unspecified atom stereocenters. The summed E-state index contributed by atoms with van der Waals surface area (Å²) < 4.78 is 3.12. The molecule has 0 aliphatic carbocycles. The Hall–Kier alpha value is -1.82. The van der Waals surface area contributed by atoms with Gasteiger partial charge in [0, 0.05) is 19.6 Å². The lowest BCUT2D eigenvalue weighted by Crippen LogP contribution is -2.42. The monoisotopic (exact) mass is 306 g/mol. The quantitative estimate of drug-likeness (QED) is 0.948. The standard InChI is InChI=1S/C15H18N2O3S/c1-2-17-11-5-7-21-13(11)8-12(17)14(18)16-6-3-4-10(9-16)15(19)20/h5,7-8,10H,2-4,6,9H2,1H3,(H,19,20)/t10-/m0/s1. The highest BCUT2D eigenvalue weighted by Crippen LogP contribution is 2.27. The van der Waals surface area contributed by atoms with Crippen LogP contribution in [0.2, 0.25) is 0 Å². The van der Waals surface area contributed by atoms with Crippen LogP contribution >= 0.6 is 11.3 Å². The molecule has 1 atom stereocenters. The van der Waals surface area contributed by atoms with E-state index in [4.69, 9.17) is 5.11 Å². The fourth-order valence-corrected chi connectivity index (χ4v) is 3.84. The van der Waals surface area contributed by atoms with Gasteiger partial charge in [-0.05, 0) is 37.3 Å². The number of rotatable bonds is 3. The van der Waals surface area contributed by atoms with Crippen molar-refractivity contribution in [1.29, 1.82) is 0 Å². The maximum Gasteiger partial charge on any atom is 0.308 e. The first-order valence-electron chi connectivity index (χ1n) is 7.20. The molecule has 1 fully saturated rings. The van der Waals surface area contributed by atoms with E-state index in [1.165, 1.54) is 0 Å². The van der Waals surface area contributed by atoms with Gasteiger partial charge in [0.05, 0.1) is 16.1 Å². The lowest BCUT2D eigenvalue weighted by molar-refractivity contribution is -0.143. The number of carboxylic acid groups (broad SMARTS) is 1. The van der Waals surface area contributed by atoms with Gasteiger partial charge in [0.15, 0.2) is 0 Å². The van der Waals surface area contributed by atoms with Crippen LogP contribution in [0.3, 0.4) is 0 Å². The summed E-state index contributed by atoms with van der Waals surface area (Å²) in [6.07, 6.45) is 1.41. The molecular weight excluding hydrogens is 288 g/mol. The molecule has 3 heterocycles. The molecule has 0 aromatic carbocycles. The van der Waals surface area contributed by atoms with E-state index in [1.807, 2.05) is 29.0 Å². The largest absolute Gasteiger partial charge is 0.481 e. The number of likely N-dealkylation sites (tertiary alicyclic amines) is 1. The van der Waals surface area contributed by atoms with Gasteiger partial charge in [0.25, 0.3) is 5.91 Å². The number of aliphatic carboxylic acids is 1. The van der Waals surface area contributed by atoms with Gasteiger partial charge in [-0.2, -0.15) is 0 Å². The van der Waals surface area contributed by atoms with E-state index in [0.29, 0.717) is 25.2 Å². The lowest BCUT2D eigenvalue weighted by Gasteiger charge is -2.30. The van der Waals surface area contributed by atoms with Gasteiger partial charge in [-0.1, -0.05) is 0 Å². The second-order valence-electron chi connectivity index (χ2n) is 5.37. The first-order valence-corrected chi connectivity index (χ1v) is 8.08. The molecule has 112 valence electrons. The normalized spacial score (nSPS) is 19.1. The Kier molecular flexibility index (Phi) is 3.71. The fraction of sp³-hybridized carbons (Fsp3) is 0.467. The highest BCUT2D eigenvalue weighted by atomic mass is 32.1. The molecular formula is C15H18N2O3S. The first kappa shape index (κ1) is 14.1. The van der Waals surface area contributed by atoms with E-state index in [0.717, 1.165) is 23.2 Å². The number of carboxylic acids is 1. The Labute approximate surface area is 126 Å². The predicted octanol–water partition coefficient (Wildman–Crippen LogP) is 2.66. The van der Waals surface area contributed by atoms with Crippen LogP contribution in [0.1, 0.15) is 30.3 Å². The van der Waals surface area contributed by atoms with Crippen molar-refractivity contribution in [3.05, 3.63) is 23.2 Å². The molecule has 5 nitrogen and oxygen atoms in total. The second kappa shape index (κ2) is 5.52. The van der Waals surface area contributed by atoms with Crippen molar-refractivity contribution < 1.29 is 14.7 Å². The number of piperidine rings is 1. The number of aromatic nitrogens is 1. The molecule has 0 saturated carbocycles. The number of aryl methyl sites for hydroxylation is 1. The van der Waals surface area contributed by atoms with Crippen molar-refractivity contribution in [2.75, 3.05) is 13.1 Å². The average Bonchev–Trinajstić information content (AvgIpc) is 3.06. The van der Waals surface area contributed by atoms with Crippen molar-refractivity contribution in [3.8, 4) is 0 Å². The number of fused-ring (bicyclic) bond motifs is 1. The van der Waals surface area contributed by atoms with Crippen LogP contribution in [0.25, 0.3) is 10.2 Å². The number of hydrogen-bond donors (Lipinski definition) is 1. The summed E-state index contributed by atoms with van der Waals surface area (Å²) >= 11 is 1.62. The van der Waals surface area contributed by atoms with E-state index in [-0.39, 0.29) is 5.91 Å². The van der Waals surface area contributed by atoms with E-state index < -0.39 is 11.9 Å². The van der Waals surface area contributed by atoms with E-state index in [1.54, 1.807) is 16.2 Å². The third-order valence-electron chi connectivity index (χ3n) is 4.12. The van der Waals surface area contributed by atoms with Crippen molar-refractivity contribution in [2.24, 2.45) is 5.92 Å². The van der Waals surface area contributed by atoms with Gasteiger partial charge in [-0.15, -0.1) is 11.3 Å². The Morgan fingerprint density at radius 3 is 3.00 bits per heavy atom. The molecule has 3 rings (SSSR count). The molecule has 1 saturated heterocycles. The van der Waals surface area contributed by atoms with Crippen molar-refractivity contribution in [2.45, 2.75) is 26.3 Å². The molecule has 21 heavy (non-hydrogen) atoms. The number of nitrogens with zero attached hydrogens (tertiary/aromatic N) is 2. The number of amides is 1. The molecule has 0 radical (unpaired) electrons. The molecule has 2 aromatic rings. The lowest BCUT2D eigenvalue weighted by atomic mass is 9.98. The molecule has 1 amide bonds. The highest BCUT2D eigenvalue weighted by molar-refractivity contribution is 7.17. The first-order chi connectivity index (χ1) is 10.1. The van der Waals surface area contributed by atoms with Crippen LogP contribution in [0.5, 0.6) is 0 Å². The highest BCUT2D eigenvalue weighted by Gasteiger charge is 2.30. The van der Waals surface area contributed by atoms with Crippen LogP contribution < -0.4 is 0 Å². The summed E-state index contributed by atoms with van der Waals surface area (Å²) in [6.45, 7) is 3.71. The van der Waals surface area contributed by atoms with Gasteiger partial charge in [-0.3, -0.25) is 9.59 Å². The van der Waals surface area contributed by atoms with E-state index in [9.17, 15) is 9.59 Å². The number of carbonyl (C=O) groups is 2. The Morgan fingerprint density at radius 2 is 2.29 bits per heavy atom. The van der Waals surface area contributed by atoms with Gasteiger partial charge in [-0.25, -0.2) is 0 Å². The zero-order valence-corrected chi connectivity index (χ0v) is 12.7. The Bertz CT molecular complexity index is 688. The van der Waals surface area contributed by atoms with Crippen molar-refractivity contribution in [1.82, 2.24) is 9.47 Å². The zero-order valence-electron chi connectivity index (χ0n) is 11.9. The molecule has 0 spiro atoms. The summed E-state index contributed by atoms with van der Waals surface area (Å²) in [4.78, 5) is 25.6. The van der Waals surface area contributed by atoms with Gasteiger partial charge in [0.2, 0.25) is 0 Å². The Morgan fingerprint density at radius 1 is 1.48 bits per heavy atom. The average molecular weight is 306 g/mol. The maximum absolute atomic E-state index is 12.7. The summed E-state index contributed by atoms with van der Waals surface area (Å²) in [5, 5.41) is 11.2. The minimum atomic E-state index is -0.806. The molecule has 6 heteroatoms. The summed E-state index contributed by atoms with van der Waals surface area (Å²) in [7, 11) is 0. The maximum atomic E-state index is 12.7. The third-order valence-corrected chi connectivity index (χ3v) is 4.97. The molecule has 1 N–H and O–H groups in total. The van der Waals surface area contributed by atoms with Crippen LogP contribution in [-0.2, 0) is 11.3 Å². The van der Waals surface area contributed by atoms with Gasteiger partial charge in [0.1, 0.15) is 5.69 Å². The minimum absolute atomic E-state index is 0.0498. The van der Waals surface area contributed by atoms with Crippen molar-refractivity contribution >= 4 is 33.4 Å². The topological polar surface area (TPSA) is 62.5 Å². The second-order valence-corrected chi connectivity index (χ2v) is 6.32. The van der Waals surface area contributed by atoms with Crippen LogP contribution in [-0.4, -0.2) is 39.5 Å². The predicted molar refractivity (Wildman–Crippen MR) is 81.8 cm³/mol. The zero-order chi connectivity index (χ0) is 15.0. The summed E-state index contributed by atoms with van der Waals surface area (Å²) in [6, 6.07) is 3.95. The van der Waals surface area contributed by atoms with Crippen LogP contribution in [0, 0.1) is 5.92 Å². The minimum Gasteiger partial charge on any atom is -0.481 e. The third kappa shape index (κ3) is 2.44. The summed E-state index contributed by atoms with van der Waals surface area (Å²) in [5.74, 6) is -1.29. The van der Waals surface area contributed by atoms with Crippen molar-refractivity contribution in [3.63, 3.8) is 0 Å². The fourth-order valence-electron chi connectivity index (χ4n) is 3.02. The SMILES string of the molecule is CCn1c(C(=O)N2CCC[C@H](C(=O)O)C2)cc2sccc21. The molecule has 1 aliphatic rings. The van der Waals surface area contributed by atoms with Gasteiger partial charge < -0.3 is 14.6 Å². The van der Waals surface area contributed by atoms with Gasteiger partial charge >= 0.3 is 5.97 Å². The number of carbonyl (C=O) groups excluding carboxylic acids is 1. The van der Waals surface area contributed by atoms with E-state index >= 15 is 0 Å². The van der Waals surface area contributed by atoms with Crippen LogP contribution in [0.4, 0.5) is 0 Å². The molecule has 0 bridgehead atoms. The molecule has 1 aliphatic heterocycles. The Balaban J connectivity index is 1.89. The smallest absolute Gasteiger partial charge is 0.308 e. The molecule has 2 aromatic heterocycles. The van der Waals surface area contributed by atoms with Crippen LogP contribution in [0.15, 0.2) is 17.5 Å². The number of hydrogen-bond acceptors (Lipinski definition) is 3. The summed E-state index contributed by atoms with van der Waals surface area (Å²) in [5.41, 5.74) is 1.75. The van der Waals surface area contributed by atoms with E-state index in [2.05, 4.69) is 0 Å². The number of thiophene rings is 1.